The molecule has 2 aromatic rings. The second-order valence-corrected chi connectivity index (χ2v) is 7.68. The molecule has 7 heteroatoms. The molecule has 1 N–H and O–H groups in total. The van der Waals surface area contributed by atoms with Crippen LogP contribution in [0.3, 0.4) is 0 Å². The maximum Gasteiger partial charge on any atom is 0.185 e. The quantitative estimate of drug-likeness (QED) is 0.511. The highest BCUT2D eigenvalue weighted by atomic mass is 79.9. The maximum absolute atomic E-state index is 14.7. The summed E-state index contributed by atoms with van der Waals surface area (Å²) in [6.45, 7) is 6.47. The summed E-state index contributed by atoms with van der Waals surface area (Å²) in [5.74, 6) is -0.398. The third-order valence-electron chi connectivity index (χ3n) is 5.10. The fraction of sp³-hybridized carbons (Fsp3) is 0.318. The lowest BCUT2D eigenvalue weighted by molar-refractivity contribution is 0.104. The molecule has 1 fully saturated rings. The molecule has 0 atom stereocenters. The van der Waals surface area contributed by atoms with Crippen molar-refractivity contribution in [2.45, 2.75) is 6.92 Å². The van der Waals surface area contributed by atoms with Crippen molar-refractivity contribution in [1.82, 2.24) is 4.90 Å². The van der Waals surface area contributed by atoms with E-state index >= 15 is 0 Å². The van der Waals surface area contributed by atoms with Crippen molar-refractivity contribution < 1.29 is 19.0 Å². The van der Waals surface area contributed by atoms with Crippen LogP contribution in [0.5, 0.6) is 11.5 Å². The number of hydrogen-bond acceptors (Lipinski definition) is 5. The number of likely N-dealkylation sites (N-methyl/N-ethyl adjacent to an activating group) is 1. The van der Waals surface area contributed by atoms with Gasteiger partial charge in [0.05, 0.1) is 12.8 Å². The molecular weight excluding hydrogens is 439 g/mol. The van der Waals surface area contributed by atoms with E-state index in [0.717, 1.165) is 32.7 Å². The summed E-state index contributed by atoms with van der Waals surface area (Å²) in [7, 11) is 1.46. The molecule has 0 unspecified atom stereocenters. The minimum atomic E-state index is -0.391. The number of carbonyl (C=O) groups excluding carboxylic acids is 1. The van der Waals surface area contributed by atoms with E-state index in [0.29, 0.717) is 21.5 Å². The van der Waals surface area contributed by atoms with Crippen molar-refractivity contribution in [3.63, 3.8) is 0 Å². The summed E-state index contributed by atoms with van der Waals surface area (Å²) in [4.78, 5) is 16.8. The highest BCUT2D eigenvalue weighted by Gasteiger charge is 2.19. The molecule has 1 aliphatic heterocycles. The van der Waals surface area contributed by atoms with Crippen LogP contribution in [0, 0.1) is 5.82 Å². The SMILES string of the molecule is CCN1CCN(c2ccc(C(=O)C=Cc3cc(O)c(OC)cc3Br)cc2F)CC1. The van der Waals surface area contributed by atoms with E-state index in [9.17, 15) is 14.3 Å². The van der Waals surface area contributed by atoms with E-state index < -0.39 is 5.82 Å². The molecule has 1 aliphatic rings. The molecule has 3 rings (SSSR count). The Hall–Kier alpha value is -2.38. The van der Waals surface area contributed by atoms with E-state index in [2.05, 4.69) is 27.8 Å². The van der Waals surface area contributed by atoms with Gasteiger partial charge in [0.1, 0.15) is 5.82 Å². The number of halogens is 2. The number of ether oxygens (including phenoxy) is 1. The highest BCUT2D eigenvalue weighted by Crippen LogP contribution is 2.33. The minimum Gasteiger partial charge on any atom is -0.504 e. The molecule has 154 valence electrons. The van der Waals surface area contributed by atoms with Crippen LogP contribution in [-0.2, 0) is 0 Å². The fourth-order valence-corrected chi connectivity index (χ4v) is 3.79. The molecule has 29 heavy (non-hydrogen) atoms. The fourth-order valence-electron chi connectivity index (χ4n) is 3.33. The van der Waals surface area contributed by atoms with Crippen LogP contribution >= 0.6 is 15.9 Å². The van der Waals surface area contributed by atoms with Gasteiger partial charge in [-0.15, -0.1) is 0 Å². The molecule has 0 amide bonds. The van der Waals surface area contributed by atoms with Crippen molar-refractivity contribution >= 4 is 33.5 Å². The number of carbonyl (C=O) groups is 1. The average Bonchev–Trinajstić information content (AvgIpc) is 2.73. The van der Waals surface area contributed by atoms with Gasteiger partial charge in [-0.05, 0) is 54.6 Å². The predicted octanol–water partition coefficient (Wildman–Crippen LogP) is 4.34. The zero-order valence-corrected chi connectivity index (χ0v) is 18.1. The molecule has 5 nitrogen and oxygen atoms in total. The first kappa shape index (κ1) is 21.3. The Labute approximate surface area is 178 Å². The molecule has 0 spiro atoms. The Morgan fingerprint density at radius 3 is 2.59 bits per heavy atom. The van der Waals surface area contributed by atoms with Crippen LogP contribution < -0.4 is 9.64 Å². The van der Waals surface area contributed by atoms with Gasteiger partial charge in [-0.2, -0.15) is 0 Å². The van der Waals surface area contributed by atoms with Crippen molar-refractivity contribution in [3.05, 3.63) is 57.8 Å². The molecule has 1 saturated heterocycles. The van der Waals surface area contributed by atoms with Crippen LogP contribution in [-0.4, -0.2) is 55.6 Å². The van der Waals surface area contributed by atoms with Gasteiger partial charge in [-0.1, -0.05) is 22.9 Å². The van der Waals surface area contributed by atoms with Gasteiger partial charge in [0.2, 0.25) is 0 Å². The third-order valence-corrected chi connectivity index (χ3v) is 5.79. The van der Waals surface area contributed by atoms with Crippen LogP contribution in [0.2, 0.25) is 0 Å². The van der Waals surface area contributed by atoms with Gasteiger partial charge in [0.15, 0.2) is 17.3 Å². The van der Waals surface area contributed by atoms with Crippen LogP contribution in [0.25, 0.3) is 6.08 Å². The standard InChI is InChI=1S/C22H24BrFN2O3/c1-3-25-8-10-26(11-9-25)19-6-4-16(12-18(19)24)20(27)7-5-15-13-21(28)22(29-2)14-17(15)23/h4-7,12-14,28H,3,8-11H2,1-2H3. The number of nitrogens with zero attached hydrogens (tertiary/aromatic N) is 2. The number of benzene rings is 2. The van der Waals surface area contributed by atoms with Crippen molar-refractivity contribution in [3.8, 4) is 11.5 Å². The van der Waals surface area contributed by atoms with Crippen LogP contribution in [0.15, 0.2) is 40.9 Å². The smallest absolute Gasteiger partial charge is 0.185 e. The molecule has 0 radical (unpaired) electrons. The summed E-state index contributed by atoms with van der Waals surface area (Å²) in [6, 6.07) is 7.72. The summed E-state index contributed by atoms with van der Waals surface area (Å²) in [5.41, 5.74) is 1.43. The lowest BCUT2D eigenvalue weighted by Gasteiger charge is -2.35. The summed E-state index contributed by atoms with van der Waals surface area (Å²) >= 11 is 3.38. The molecule has 0 aliphatic carbocycles. The van der Waals surface area contributed by atoms with Gasteiger partial charge in [0, 0.05) is 36.2 Å². The predicted molar refractivity (Wildman–Crippen MR) is 116 cm³/mol. The number of allylic oxidation sites excluding steroid dienone is 1. The Morgan fingerprint density at radius 2 is 1.97 bits per heavy atom. The van der Waals surface area contributed by atoms with Crippen molar-refractivity contribution in [1.29, 1.82) is 0 Å². The second kappa shape index (κ2) is 9.41. The number of aromatic hydroxyl groups is 1. The number of phenols is 1. The van der Waals surface area contributed by atoms with E-state index in [1.165, 1.54) is 25.3 Å². The molecule has 0 bridgehead atoms. The van der Waals surface area contributed by atoms with Gasteiger partial charge >= 0.3 is 0 Å². The summed E-state index contributed by atoms with van der Waals surface area (Å²) in [6.07, 6.45) is 2.93. The maximum atomic E-state index is 14.7. The van der Waals surface area contributed by atoms with Crippen molar-refractivity contribution in [2.75, 3.05) is 44.7 Å². The van der Waals surface area contributed by atoms with E-state index in [1.54, 1.807) is 24.3 Å². The number of methoxy groups -OCH3 is 1. The lowest BCUT2D eigenvalue weighted by atomic mass is 10.1. The normalized spacial score (nSPS) is 15.1. The average molecular weight is 463 g/mol. The van der Waals surface area contributed by atoms with Gasteiger partial charge in [-0.25, -0.2) is 4.39 Å². The first-order chi connectivity index (χ1) is 13.9. The van der Waals surface area contributed by atoms with Gasteiger partial charge < -0.3 is 19.6 Å². The number of ketones is 1. The Bertz CT molecular complexity index is 925. The van der Waals surface area contributed by atoms with E-state index in [1.807, 2.05) is 4.90 Å². The number of rotatable bonds is 6. The number of hydrogen-bond donors (Lipinski definition) is 1. The number of piperazine rings is 1. The van der Waals surface area contributed by atoms with Crippen LogP contribution in [0.4, 0.5) is 10.1 Å². The van der Waals surface area contributed by atoms with Gasteiger partial charge in [-0.3, -0.25) is 4.79 Å². The minimum absolute atomic E-state index is 0.0265. The highest BCUT2D eigenvalue weighted by molar-refractivity contribution is 9.10. The molecule has 2 aromatic carbocycles. The topological polar surface area (TPSA) is 53.0 Å². The van der Waals surface area contributed by atoms with Gasteiger partial charge in [0.25, 0.3) is 0 Å². The lowest BCUT2D eigenvalue weighted by Crippen LogP contribution is -2.46. The van der Waals surface area contributed by atoms with E-state index in [-0.39, 0.29) is 17.1 Å². The first-order valence-corrected chi connectivity index (χ1v) is 10.3. The zero-order valence-electron chi connectivity index (χ0n) is 16.5. The largest absolute Gasteiger partial charge is 0.504 e. The number of anilines is 1. The molecular formula is C22H24BrFN2O3. The Kier molecular flexibility index (Phi) is 6.92. The zero-order chi connectivity index (χ0) is 21.0. The number of phenolic OH excluding ortho intramolecular Hbond substituents is 1. The molecule has 0 aromatic heterocycles. The van der Waals surface area contributed by atoms with E-state index in [4.69, 9.17) is 4.74 Å². The first-order valence-electron chi connectivity index (χ1n) is 9.48. The van der Waals surface area contributed by atoms with Crippen LogP contribution in [0.1, 0.15) is 22.8 Å². The molecule has 0 saturated carbocycles. The third kappa shape index (κ3) is 4.97. The van der Waals surface area contributed by atoms with Crippen molar-refractivity contribution in [2.24, 2.45) is 0 Å². The Balaban J connectivity index is 1.73. The monoisotopic (exact) mass is 462 g/mol. The Morgan fingerprint density at radius 1 is 1.24 bits per heavy atom. The second-order valence-electron chi connectivity index (χ2n) is 6.83. The molecule has 1 heterocycles. The summed E-state index contributed by atoms with van der Waals surface area (Å²) < 4.78 is 20.4. The summed E-state index contributed by atoms with van der Waals surface area (Å²) in [5, 5.41) is 9.90.